The van der Waals surface area contributed by atoms with Gasteiger partial charge in [-0.2, -0.15) is 0 Å². The predicted octanol–water partition coefficient (Wildman–Crippen LogP) is 4.32. The first-order valence-electron chi connectivity index (χ1n) is 7.75. The molecular weight excluding hydrogens is 237 g/mol. The van der Waals surface area contributed by atoms with E-state index in [1.807, 2.05) is 12.1 Å². The number of halogens is 1. The third-order valence-electron chi connectivity index (χ3n) is 4.15. The summed E-state index contributed by atoms with van der Waals surface area (Å²) in [7, 11) is 0. The van der Waals surface area contributed by atoms with Gasteiger partial charge in [0.2, 0.25) is 0 Å². The van der Waals surface area contributed by atoms with Crippen LogP contribution in [-0.2, 0) is 6.42 Å². The van der Waals surface area contributed by atoms with Gasteiger partial charge in [-0.1, -0.05) is 38.3 Å². The highest BCUT2D eigenvalue weighted by molar-refractivity contribution is 5.16. The van der Waals surface area contributed by atoms with E-state index in [0.717, 1.165) is 18.9 Å². The largest absolute Gasteiger partial charge is 0.314 e. The summed E-state index contributed by atoms with van der Waals surface area (Å²) in [4.78, 5) is 0. The van der Waals surface area contributed by atoms with Crippen molar-refractivity contribution in [1.29, 1.82) is 0 Å². The molecule has 1 aromatic carbocycles. The van der Waals surface area contributed by atoms with Crippen LogP contribution >= 0.6 is 0 Å². The molecule has 1 aliphatic carbocycles. The van der Waals surface area contributed by atoms with Gasteiger partial charge in [-0.15, -0.1) is 0 Å². The second kappa shape index (κ2) is 7.64. The first kappa shape index (κ1) is 14.5. The van der Waals surface area contributed by atoms with Crippen LogP contribution in [0.3, 0.4) is 0 Å². The van der Waals surface area contributed by atoms with Crippen LogP contribution in [0.4, 0.5) is 4.39 Å². The Kier molecular flexibility index (Phi) is 5.84. The Hall–Kier alpha value is -0.890. The van der Waals surface area contributed by atoms with Crippen LogP contribution < -0.4 is 5.32 Å². The Labute approximate surface area is 116 Å². The molecule has 2 rings (SSSR count). The maximum Gasteiger partial charge on any atom is 0.123 e. The number of hydrogen-bond donors (Lipinski definition) is 1. The molecule has 0 aliphatic heterocycles. The maximum atomic E-state index is 12.9. The molecular formula is C17H26FN. The van der Waals surface area contributed by atoms with E-state index in [4.69, 9.17) is 0 Å². The van der Waals surface area contributed by atoms with Gasteiger partial charge in [0, 0.05) is 6.04 Å². The molecule has 19 heavy (non-hydrogen) atoms. The zero-order valence-corrected chi connectivity index (χ0v) is 12.0. The Morgan fingerprint density at radius 2 is 1.89 bits per heavy atom. The van der Waals surface area contributed by atoms with Gasteiger partial charge in [0.25, 0.3) is 0 Å². The summed E-state index contributed by atoms with van der Waals surface area (Å²) in [5.41, 5.74) is 1.28. The molecule has 2 heteroatoms. The van der Waals surface area contributed by atoms with Gasteiger partial charge in [0.05, 0.1) is 0 Å². The van der Waals surface area contributed by atoms with Crippen LogP contribution in [0.25, 0.3) is 0 Å². The van der Waals surface area contributed by atoms with Crippen LogP contribution in [0, 0.1) is 11.7 Å². The Morgan fingerprint density at radius 1 is 1.16 bits per heavy atom. The van der Waals surface area contributed by atoms with E-state index >= 15 is 0 Å². The van der Waals surface area contributed by atoms with Crippen LogP contribution in [-0.4, -0.2) is 12.6 Å². The van der Waals surface area contributed by atoms with E-state index in [1.54, 1.807) is 12.1 Å². The van der Waals surface area contributed by atoms with Gasteiger partial charge in [-0.3, -0.25) is 0 Å². The summed E-state index contributed by atoms with van der Waals surface area (Å²) >= 11 is 0. The molecule has 0 amide bonds. The molecule has 1 N–H and O–H groups in total. The fourth-order valence-corrected chi connectivity index (χ4v) is 3.13. The lowest BCUT2D eigenvalue weighted by Crippen LogP contribution is -2.31. The van der Waals surface area contributed by atoms with E-state index in [1.165, 1.54) is 44.1 Å². The first-order valence-corrected chi connectivity index (χ1v) is 7.75. The van der Waals surface area contributed by atoms with Gasteiger partial charge in [-0.05, 0) is 55.8 Å². The van der Waals surface area contributed by atoms with Crippen molar-refractivity contribution in [2.75, 3.05) is 6.54 Å². The van der Waals surface area contributed by atoms with Gasteiger partial charge < -0.3 is 5.32 Å². The molecule has 0 bridgehead atoms. The van der Waals surface area contributed by atoms with Gasteiger partial charge >= 0.3 is 0 Å². The predicted molar refractivity (Wildman–Crippen MR) is 78.8 cm³/mol. The minimum absolute atomic E-state index is 0.132. The molecule has 0 radical (unpaired) electrons. The number of nitrogens with one attached hydrogen (secondary N) is 1. The zero-order chi connectivity index (χ0) is 13.5. The zero-order valence-electron chi connectivity index (χ0n) is 12.0. The molecule has 1 aliphatic rings. The molecule has 2 atom stereocenters. The highest BCUT2D eigenvalue weighted by Gasteiger charge is 2.19. The van der Waals surface area contributed by atoms with E-state index in [9.17, 15) is 4.39 Å². The average molecular weight is 263 g/mol. The molecule has 0 heterocycles. The van der Waals surface area contributed by atoms with Crippen LogP contribution in [0.1, 0.15) is 51.0 Å². The summed E-state index contributed by atoms with van der Waals surface area (Å²) in [6, 6.07) is 7.73. The van der Waals surface area contributed by atoms with Crippen molar-refractivity contribution in [2.24, 2.45) is 5.92 Å². The maximum absolute atomic E-state index is 12.9. The van der Waals surface area contributed by atoms with E-state index in [0.29, 0.717) is 6.04 Å². The van der Waals surface area contributed by atoms with Crippen molar-refractivity contribution in [2.45, 2.75) is 57.9 Å². The number of benzene rings is 1. The van der Waals surface area contributed by atoms with E-state index in [2.05, 4.69) is 12.2 Å². The Bertz CT molecular complexity index is 360. The SMILES string of the molecule is CCCNC1CCCCC(Cc2ccc(F)cc2)C1. The van der Waals surface area contributed by atoms with E-state index < -0.39 is 0 Å². The van der Waals surface area contributed by atoms with Gasteiger partial charge in [-0.25, -0.2) is 4.39 Å². The number of rotatable bonds is 5. The van der Waals surface area contributed by atoms with Crippen molar-refractivity contribution < 1.29 is 4.39 Å². The average Bonchev–Trinajstić information content (AvgIpc) is 2.64. The molecule has 2 unspecified atom stereocenters. The van der Waals surface area contributed by atoms with Crippen molar-refractivity contribution in [3.63, 3.8) is 0 Å². The molecule has 1 nitrogen and oxygen atoms in total. The lowest BCUT2D eigenvalue weighted by molar-refractivity contribution is 0.384. The molecule has 0 aromatic heterocycles. The summed E-state index contributed by atoms with van der Waals surface area (Å²) < 4.78 is 12.9. The highest BCUT2D eigenvalue weighted by atomic mass is 19.1. The molecule has 0 saturated heterocycles. The van der Waals surface area contributed by atoms with Gasteiger partial charge in [0.15, 0.2) is 0 Å². The third kappa shape index (κ3) is 4.94. The summed E-state index contributed by atoms with van der Waals surface area (Å²) in [5, 5.41) is 3.68. The first-order chi connectivity index (χ1) is 9.28. The molecule has 1 fully saturated rings. The second-order valence-electron chi connectivity index (χ2n) is 5.87. The highest BCUT2D eigenvalue weighted by Crippen LogP contribution is 2.26. The normalized spacial score (nSPS) is 24.1. The molecule has 1 aromatic rings. The molecule has 1 saturated carbocycles. The van der Waals surface area contributed by atoms with Crippen molar-refractivity contribution in [1.82, 2.24) is 5.32 Å². The summed E-state index contributed by atoms with van der Waals surface area (Å²) in [6.45, 7) is 3.35. The van der Waals surface area contributed by atoms with Crippen molar-refractivity contribution in [3.8, 4) is 0 Å². The summed E-state index contributed by atoms with van der Waals surface area (Å²) in [5.74, 6) is 0.620. The fraction of sp³-hybridized carbons (Fsp3) is 0.647. The second-order valence-corrected chi connectivity index (χ2v) is 5.87. The van der Waals surface area contributed by atoms with E-state index in [-0.39, 0.29) is 5.82 Å². The standard InChI is InChI=1S/C17H26FN/c1-2-11-19-17-6-4-3-5-15(13-17)12-14-7-9-16(18)10-8-14/h7-10,15,17,19H,2-6,11-13H2,1H3. The Morgan fingerprint density at radius 3 is 2.63 bits per heavy atom. The fourth-order valence-electron chi connectivity index (χ4n) is 3.13. The lowest BCUT2D eigenvalue weighted by atomic mass is 9.91. The number of hydrogen-bond acceptors (Lipinski definition) is 1. The molecule has 0 spiro atoms. The molecule has 106 valence electrons. The topological polar surface area (TPSA) is 12.0 Å². The Balaban J connectivity index is 1.88. The van der Waals surface area contributed by atoms with Crippen LogP contribution in [0.2, 0.25) is 0 Å². The van der Waals surface area contributed by atoms with Gasteiger partial charge in [0.1, 0.15) is 5.82 Å². The minimum atomic E-state index is -0.132. The minimum Gasteiger partial charge on any atom is -0.314 e. The van der Waals surface area contributed by atoms with Crippen LogP contribution in [0.15, 0.2) is 24.3 Å². The lowest BCUT2D eigenvalue weighted by Gasteiger charge is -2.21. The monoisotopic (exact) mass is 263 g/mol. The smallest absolute Gasteiger partial charge is 0.123 e. The summed E-state index contributed by atoms with van der Waals surface area (Å²) in [6.07, 6.45) is 8.92. The van der Waals surface area contributed by atoms with Crippen molar-refractivity contribution >= 4 is 0 Å². The third-order valence-corrected chi connectivity index (χ3v) is 4.15. The quantitative estimate of drug-likeness (QED) is 0.780. The van der Waals surface area contributed by atoms with Crippen molar-refractivity contribution in [3.05, 3.63) is 35.6 Å². The van der Waals surface area contributed by atoms with Crippen LogP contribution in [0.5, 0.6) is 0 Å².